The van der Waals surface area contributed by atoms with Gasteiger partial charge in [0, 0.05) is 6.54 Å². The maximum Gasteiger partial charge on any atom is 0.240 e. The van der Waals surface area contributed by atoms with Crippen molar-refractivity contribution in [3.8, 4) is 0 Å². The van der Waals surface area contributed by atoms with Crippen molar-refractivity contribution in [2.45, 2.75) is 37.8 Å². The Morgan fingerprint density at radius 2 is 2.07 bits per heavy atom. The zero-order valence-electron chi connectivity index (χ0n) is 8.57. The van der Waals surface area contributed by atoms with Gasteiger partial charge < -0.3 is 20.1 Å². The Labute approximate surface area is 88.4 Å². The van der Waals surface area contributed by atoms with Gasteiger partial charge in [-0.15, -0.1) is 0 Å². The van der Waals surface area contributed by atoms with E-state index in [0.29, 0.717) is 13.0 Å². The first-order valence-electron chi connectivity index (χ1n) is 5.45. The third-order valence-electron chi connectivity index (χ3n) is 3.17. The van der Waals surface area contributed by atoms with Gasteiger partial charge in [0.1, 0.15) is 0 Å². The quantitative estimate of drug-likeness (QED) is 0.602. The van der Waals surface area contributed by atoms with Gasteiger partial charge >= 0.3 is 0 Å². The molecule has 2 saturated heterocycles. The fourth-order valence-corrected chi connectivity index (χ4v) is 2.37. The lowest BCUT2D eigenvalue weighted by Gasteiger charge is -2.27. The van der Waals surface area contributed by atoms with Crippen LogP contribution in [0.4, 0.5) is 0 Å². The van der Waals surface area contributed by atoms with Crippen molar-refractivity contribution in [1.82, 2.24) is 10.2 Å². The van der Waals surface area contributed by atoms with Gasteiger partial charge in [-0.25, -0.2) is 0 Å². The fourth-order valence-electron chi connectivity index (χ4n) is 2.37. The van der Waals surface area contributed by atoms with Crippen LogP contribution in [0.25, 0.3) is 0 Å². The normalized spacial score (nSPS) is 30.8. The third-order valence-corrected chi connectivity index (χ3v) is 3.17. The number of nitrogens with one attached hydrogen (secondary N) is 1. The summed E-state index contributed by atoms with van der Waals surface area (Å²) >= 11 is 0. The molecule has 2 aliphatic heterocycles. The molecule has 0 unspecified atom stereocenters. The van der Waals surface area contributed by atoms with E-state index in [9.17, 15) is 14.7 Å². The monoisotopic (exact) mass is 211 g/mol. The number of carbonyl (C=O) groups is 2. The number of carboxylic acids is 1. The molecule has 15 heavy (non-hydrogen) atoms. The Bertz CT molecular complexity index is 274. The molecule has 0 radical (unpaired) electrons. The minimum Gasteiger partial charge on any atom is -0.548 e. The summed E-state index contributed by atoms with van der Waals surface area (Å²) in [5, 5.41) is 13.9. The Kier molecular flexibility index (Phi) is 2.90. The van der Waals surface area contributed by atoms with Gasteiger partial charge in [0.25, 0.3) is 0 Å². The Morgan fingerprint density at radius 3 is 2.67 bits per heavy atom. The first-order chi connectivity index (χ1) is 7.20. The predicted molar refractivity (Wildman–Crippen MR) is 50.8 cm³/mol. The Balaban J connectivity index is 2.02. The van der Waals surface area contributed by atoms with E-state index in [2.05, 4.69) is 5.32 Å². The maximum absolute atomic E-state index is 11.9. The van der Waals surface area contributed by atoms with Crippen LogP contribution >= 0.6 is 0 Å². The van der Waals surface area contributed by atoms with Crippen LogP contribution in [-0.4, -0.2) is 41.9 Å². The van der Waals surface area contributed by atoms with Gasteiger partial charge in [-0.2, -0.15) is 0 Å². The molecule has 5 nitrogen and oxygen atoms in total. The zero-order valence-corrected chi connectivity index (χ0v) is 8.57. The highest BCUT2D eigenvalue weighted by Crippen LogP contribution is 2.19. The average molecular weight is 211 g/mol. The standard InChI is InChI=1S/C10H16N2O3/c13-9(7-3-1-5-11-7)12-6-2-4-8(12)10(14)15/h7-8,11H,1-6H2,(H,14,15)/p-1/t7-,8-/m0/s1. The summed E-state index contributed by atoms with van der Waals surface area (Å²) in [4.78, 5) is 24.2. The highest BCUT2D eigenvalue weighted by Gasteiger charge is 2.34. The largest absolute Gasteiger partial charge is 0.548 e. The Morgan fingerprint density at radius 1 is 1.27 bits per heavy atom. The van der Waals surface area contributed by atoms with Crippen molar-refractivity contribution in [3.05, 3.63) is 0 Å². The highest BCUT2D eigenvalue weighted by molar-refractivity contribution is 5.87. The van der Waals surface area contributed by atoms with Gasteiger partial charge in [0.15, 0.2) is 0 Å². The van der Waals surface area contributed by atoms with E-state index in [4.69, 9.17) is 0 Å². The molecule has 0 saturated carbocycles. The third kappa shape index (κ3) is 1.97. The van der Waals surface area contributed by atoms with E-state index in [1.54, 1.807) is 0 Å². The molecule has 0 aromatic rings. The number of carbonyl (C=O) groups excluding carboxylic acids is 2. The second-order valence-corrected chi connectivity index (χ2v) is 4.16. The number of aliphatic carboxylic acids is 1. The SMILES string of the molecule is O=C([O-])[C@@H]1CCCN1C(=O)[C@@H]1CCCN1. The van der Waals surface area contributed by atoms with Crippen molar-refractivity contribution >= 4 is 11.9 Å². The van der Waals surface area contributed by atoms with E-state index in [-0.39, 0.29) is 11.9 Å². The molecule has 5 heteroatoms. The minimum absolute atomic E-state index is 0.0702. The molecule has 2 heterocycles. The van der Waals surface area contributed by atoms with Crippen molar-refractivity contribution < 1.29 is 14.7 Å². The zero-order chi connectivity index (χ0) is 10.8. The topological polar surface area (TPSA) is 72.5 Å². The fraction of sp³-hybridized carbons (Fsp3) is 0.800. The van der Waals surface area contributed by atoms with Gasteiger partial charge in [0.05, 0.1) is 18.1 Å². The van der Waals surface area contributed by atoms with Gasteiger partial charge in [-0.1, -0.05) is 0 Å². The molecule has 1 N–H and O–H groups in total. The van der Waals surface area contributed by atoms with Crippen LogP contribution < -0.4 is 10.4 Å². The number of likely N-dealkylation sites (tertiary alicyclic amines) is 1. The molecule has 0 spiro atoms. The van der Waals surface area contributed by atoms with Gasteiger partial charge in [0.2, 0.25) is 5.91 Å². The smallest absolute Gasteiger partial charge is 0.240 e. The summed E-state index contributed by atoms with van der Waals surface area (Å²) in [5.74, 6) is -1.20. The summed E-state index contributed by atoms with van der Waals surface area (Å²) in [6, 6.07) is -0.884. The van der Waals surface area contributed by atoms with Crippen molar-refractivity contribution in [2.75, 3.05) is 13.1 Å². The van der Waals surface area contributed by atoms with Crippen LogP contribution in [0.2, 0.25) is 0 Å². The molecular formula is C10H15N2O3-. The van der Waals surface area contributed by atoms with Crippen molar-refractivity contribution in [2.24, 2.45) is 0 Å². The molecule has 0 bridgehead atoms. The lowest BCUT2D eigenvalue weighted by molar-refractivity contribution is -0.310. The molecule has 0 aromatic heterocycles. The number of nitrogens with zero attached hydrogens (tertiary/aromatic N) is 1. The molecule has 2 rings (SSSR count). The molecule has 84 valence electrons. The first kappa shape index (κ1) is 10.4. The lowest BCUT2D eigenvalue weighted by atomic mass is 10.1. The van der Waals surface area contributed by atoms with Crippen LogP contribution in [0.15, 0.2) is 0 Å². The number of rotatable bonds is 2. The average Bonchev–Trinajstić information content (AvgIpc) is 2.88. The first-order valence-corrected chi connectivity index (χ1v) is 5.45. The molecule has 2 atom stereocenters. The van der Waals surface area contributed by atoms with Crippen LogP contribution in [0.1, 0.15) is 25.7 Å². The van der Waals surface area contributed by atoms with E-state index < -0.39 is 12.0 Å². The minimum atomic E-state index is -1.13. The molecule has 2 aliphatic rings. The summed E-state index contributed by atoms with van der Waals surface area (Å²) in [6.07, 6.45) is 3.09. The molecule has 0 aliphatic carbocycles. The summed E-state index contributed by atoms with van der Waals surface area (Å²) in [6.45, 7) is 1.40. The van der Waals surface area contributed by atoms with Crippen molar-refractivity contribution in [1.29, 1.82) is 0 Å². The summed E-state index contributed by atoms with van der Waals surface area (Å²) < 4.78 is 0. The second-order valence-electron chi connectivity index (χ2n) is 4.16. The molecular weight excluding hydrogens is 196 g/mol. The molecule has 1 amide bonds. The second kappa shape index (κ2) is 4.18. The lowest BCUT2D eigenvalue weighted by Crippen LogP contribution is -2.51. The number of amides is 1. The van der Waals surface area contributed by atoms with Crippen molar-refractivity contribution in [3.63, 3.8) is 0 Å². The summed E-state index contributed by atoms with van der Waals surface area (Å²) in [7, 11) is 0. The van der Waals surface area contributed by atoms with E-state index >= 15 is 0 Å². The van der Waals surface area contributed by atoms with Crippen LogP contribution in [0.3, 0.4) is 0 Å². The molecule has 2 fully saturated rings. The van der Waals surface area contributed by atoms with E-state index in [1.807, 2.05) is 0 Å². The summed E-state index contributed by atoms with van der Waals surface area (Å²) in [5.41, 5.74) is 0. The van der Waals surface area contributed by atoms with Crippen LogP contribution in [-0.2, 0) is 9.59 Å². The number of carboxylic acid groups (broad SMARTS) is 1. The van der Waals surface area contributed by atoms with Crippen LogP contribution in [0.5, 0.6) is 0 Å². The number of hydrogen-bond acceptors (Lipinski definition) is 4. The molecule has 0 aromatic carbocycles. The van der Waals surface area contributed by atoms with E-state index in [0.717, 1.165) is 25.8 Å². The van der Waals surface area contributed by atoms with E-state index in [1.165, 1.54) is 4.90 Å². The van der Waals surface area contributed by atoms with Gasteiger partial charge in [-0.3, -0.25) is 4.79 Å². The Hall–Kier alpha value is -1.10. The van der Waals surface area contributed by atoms with Crippen LogP contribution in [0, 0.1) is 0 Å². The number of hydrogen-bond donors (Lipinski definition) is 1. The van der Waals surface area contributed by atoms with Gasteiger partial charge in [-0.05, 0) is 32.2 Å². The predicted octanol–water partition coefficient (Wildman–Crippen LogP) is -1.52. The highest BCUT2D eigenvalue weighted by atomic mass is 16.4. The maximum atomic E-state index is 11.9.